The minimum absolute atomic E-state index is 0.0646. The van der Waals surface area contributed by atoms with Gasteiger partial charge in [0.05, 0.1) is 13.2 Å². The lowest BCUT2D eigenvalue weighted by molar-refractivity contribution is 0.200. The fraction of sp³-hybridized carbons (Fsp3) is 0.368. The molecule has 0 aliphatic rings. The molecule has 0 heterocycles. The zero-order chi connectivity index (χ0) is 16.9. The highest BCUT2D eigenvalue weighted by molar-refractivity contribution is 6.99. The van der Waals surface area contributed by atoms with E-state index in [-0.39, 0.29) is 17.7 Å². The van der Waals surface area contributed by atoms with Crippen molar-refractivity contribution in [1.82, 2.24) is 0 Å². The van der Waals surface area contributed by atoms with Crippen molar-refractivity contribution >= 4 is 18.7 Å². The van der Waals surface area contributed by atoms with Crippen LogP contribution in [0.4, 0.5) is 0 Å². The van der Waals surface area contributed by atoms with Gasteiger partial charge in [-0.3, -0.25) is 0 Å². The van der Waals surface area contributed by atoms with E-state index in [1.54, 1.807) is 0 Å². The van der Waals surface area contributed by atoms with Gasteiger partial charge in [0, 0.05) is 6.04 Å². The van der Waals surface area contributed by atoms with Crippen molar-refractivity contribution in [2.24, 2.45) is 5.73 Å². The summed E-state index contributed by atoms with van der Waals surface area (Å²) in [6.07, 6.45) is 0. The smallest absolute Gasteiger partial charge is 0.261 e. The Morgan fingerprint density at radius 1 is 0.957 bits per heavy atom. The van der Waals surface area contributed by atoms with Crippen molar-refractivity contribution in [2.75, 3.05) is 13.2 Å². The Morgan fingerprint density at radius 3 is 1.74 bits per heavy atom. The van der Waals surface area contributed by atoms with Crippen LogP contribution in [0.25, 0.3) is 0 Å². The van der Waals surface area contributed by atoms with Gasteiger partial charge >= 0.3 is 0 Å². The van der Waals surface area contributed by atoms with Crippen LogP contribution in [0, 0.1) is 0 Å². The number of aliphatic hydroxyl groups is 1. The van der Waals surface area contributed by atoms with E-state index in [0.29, 0.717) is 6.61 Å². The monoisotopic (exact) mass is 329 g/mol. The van der Waals surface area contributed by atoms with Crippen LogP contribution in [-0.4, -0.2) is 32.7 Å². The molecule has 0 radical (unpaired) electrons. The van der Waals surface area contributed by atoms with Gasteiger partial charge in [0.1, 0.15) is 0 Å². The lowest BCUT2D eigenvalue weighted by atomic mass is 10.2. The first-order valence-electron chi connectivity index (χ1n) is 8.03. The molecule has 0 aliphatic heterocycles. The maximum atomic E-state index is 9.29. The molecule has 23 heavy (non-hydrogen) atoms. The van der Waals surface area contributed by atoms with Crippen LogP contribution in [0.15, 0.2) is 60.7 Å². The first-order valence-corrected chi connectivity index (χ1v) is 9.94. The summed E-state index contributed by atoms with van der Waals surface area (Å²) in [6.45, 7) is 6.96. The normalized spacial score (nSPS) is 13.8. The highest BCUT2D eigenvalue weighted by Crippen LogP contribution is 2.36. The average Bonchev–Trinajstić information content (AvgIpc) is 2.56. The van der Waals surface area contributed by atoms with E-state index in [9.17, 15) is 5.11 Å². The molecular formula is C19H27NO2Si. The molecule has 0 unspecified atom stereocenters. The second-order valence-electron chi connectivity index (χ2n) is 6.92. The molecule has 0 fully saturated rings. The van der Waals surface area contributed by atoms with E-state index in [1.807, 2.05) is 12.1 Å². The van der Waals surface area contributed by atoms with Gasteiger partial charge in [-0.2, -0.15) is 0 Å². The van der Waals surface area contributed by atoms with Crippen molar-refractivity contribution in [2.45, 2.75) is 31.9 Å². The van der Waals surface area contributed by atoms with Gasteiger partial charge in [-0.15, -0.1) is 0 Å². The first-order chi connectivity index (χ1) is 10.9. The largest absolute Gasteiger partial charge is 0.406 e. The third-order valence-electron chi connectivity index (χ3n) is 4.17. The summed E-state index contributed by atoms with van der Waals surface area (Å²) in [5.74, 6) is 0. The first kappa shape index (κ1) is 17.9. The number of nitrogens with two attached hydrogens (primary N) is 1. The lowest BCUT2D eigenvalue weighted by Gasteiger charge is -2.43. The number of hydrogen-bond donors (Lipinski definition) is 2. The average molecular weight is 330 g/mol. The van der Waals surface area contributed by atoms with Gasteiger partial charge in [-0.25, -0.2) is 0 Å². The van der Waals surface area contributed by atoms with Crippen molar-refractivity contribution in [3.8, 4) is 0 Å². The van der Waals surface area contributed by atoms with E-state index in [1.165, 1.54) is 10.4 Å². The van der Waals surface area contributed by atoms with Crippen LogP contribution < -0.4 is 16.1 Å². The number of aliphatic hydroxyl groups excluding tert-OH is 1. The molecule has 0 saturated carbocycles. The Balaban J connectivity index is 2.60. The summed E-state index contributed by atoms with van der Waals surface area (Å²) >= 11 is 0. The summed E-state index contributed by atoms with van der Waals surface area (Å²) < 4.78 is 6.57. The van der Waals surface area contributed by atoms with Crippen molar-refractivity contribution < 1.29 is 9.53 Å². The van der Waals surface area contributed by atoms with Crippen LogP contribution in [-0.2, 0) is 4.43 Å². The van der Waals surface area contributed by atoms with Gasteiger partial charge < -0.3 is 15.3 Å². The molecule has 0 spiro atoms. The molecule has 0 bridgehead atoms. The van der Waals surface area contributed by atoms with Crippen molar-refractivity contribution in [1.29, 1.82) is 0 Å². The number of benzene rings is 2. The third-order valence-corrected chi connectivity index (χ3v) is 9.17. The molecule has 2 rings (SSSR count). The van der Waals surface area contributed by atoms with Gasteiger partial charge in [-0.1, -0.05) is 81.4 Å². The van der Waals surface area contributed by atoms with E-state index in [0.717, 1.165) is 0 Å². The van der Waals surface area contributed by atoms with Gasteiger partial charge in [0.25, 0.3) is 8.32 Å². The third kappa shape index (κ3) is 3.72. The Kier molecular flexibility index (Phi) is 5.76. The molecule has 2 aromatic rings. The molecule has 0 saturated heterocycles. The standard InChI is InChI=1S/C19H27NO2Si/c1-19(2,3)23(22-15-16(20)14-21,17-10-6-4-7-11-17)18-12-8-5-9-13-18/h4-13,16,21H,14-15,20H2,1-3H3/t16-/m1/s1. The Morgan fingerprint density at radius 2 is 1.39 bits per heavy atom. The Bertz CT molecular complexity index is 556. The summed E-state index contributed by atoms with van der Waals surface area (Å²) in [5.41, 5.74) is 5.93. The van der Waals surface area contributed by atoms with Crippen LogP contribution in [0.5, 0.6) is 0 Å². The molecular weight excluding hydrogens is 302 g/mol. The number of hydrogen-bond acceptors (Lipinski definition) is 3. The van der Waals surface area contributed by atoms with E-state index in [2.05, 4.69) is 69.3 Å². The lowest BCUT2D eigenvalue weighted by Crippen LogP contribution is -2.67. The molecule has 3 N–H and O–H groups in total. The minimum atomic E-state index is -2.52. The highest BCUT2D eigenvalue weighted by atomic mass is 28.4. The summed E-state index contributed by atoms with van der Waals surface area (Å²) in [6, 6.07) is 20.5. The van der Waals surface area contributed by atoms with Crippen LogP contribution in [0.1, 0.15) is 20.8 Å². The molecule has 2 aromatic carbocycles. The molecule has 3 nitrogen and oxygen atoms in total. The zero-order valence-electron chi connectivity index (χ0n) is 14.2. The second-order valence-corrected chi connectivity index (χ2v) is 11.2. The Labute approximate surface area is 140 Å². The van der Waals surface area contributed by atoms with Crippen LogP contribution in [0.2, 0.25) is 5.04 Å². The number of rotatable bonds is 6. The predicted octanol–water partition coefficient (Wildman–Crippen LogP) is 1.88. The quantitative estimate of drug-likeness (QED) is 0.796. The second kappa shape index (κ2) is 7.40. The van der Waals surface area contributed by atoms with Gasteiger partial charge in [0.2, 0.25) is 0 Å². The van der Waals surface area contributed by atoms with Crippen LogP contribution in [0.3, 0.4) is 0 Å². The summed E-state index contributed by atoms with van der Waals surface area (Å²) in [4.78, 5) is 0. The van der Waals surface area contributed by atoms with Crippen LogP contribution >= 0.6 is 0 Å². The molecule has 124 valence electrons. The minimum Gasteiger partial charge on any atom is -0.406 e. The molecule has 0 aromatic heterocycles. The van der Waals surface area contributed by atoms with Crippen molar-refractivity contribution in [3.05, 3.63) is 60.7 Å². The fourth-order valence-electron chi connectivity index (χ4n) is 3.05. The summed E-state index contributed by atoms with van der Waals surface area (Å²) in [7, 11) is -2.52. The maximum Gasteiger partial charge on any atom is 0.261 e. The van der Waals surface area contributed by atoms with E-state index >= 15 is 0 Å². The fourth-order valence-corrected chi connectivity index (χ4v) is 7.67. The highest BCUT2D eigenvalue weighted by Gasteiger charge is 2.50. The van der Waals surface area contributed by atoms with E-state index in [4.69, 9.17) is 10.2 Å². The van der Waals surface area contributed by atoms with Gasteiger partial charge in [0.15, 0.2) is 0 Å². The zero-order valence-corrected chi connectivity index (χ0v) is 15.2. The van der Waals surface area contributed by atoms with E-state index < -0.39 is 8.32 Å². The maximum absolute atomic E-state index is 9.29. The topological polar surface area (TPSA) is 55.5 Å². The van der Waals surface area contributed by atoms with Crippen molar-refractivity contribution in [3.63, 3.8) is 0 Å². The summed E-state index contributed by atoms with van der Waals surface area (Å²) in [5, 5.41) is 11.7. The molecule has 4 heteroatoms. The predicted molar refractivity (Wildman–Crippen MR) is 98.6 cm³/mol. The Hall–Kier alpha value is -1.46. The molecule has 0 aliphatic carbocycles. The van der Waals surface area contributed by atoms with Gasteiger partial charge in [-0.05, 0) is 15.4 Å². The SMILES string of the molecule is CC(C)(C)[Si](OC[C@H](N)CO)(c1ccccc1)c1ccccc1. The molecule has 1 atom stereocenters. The molecule has 0 amide bonds.